The van der Waals surface area contributed by atoms with E-state index in [1.54, 1.807) is 0 Å². The number of alkyl halides is 3. The summed E-state index contributed by atoms with van der Waals surface area (Å²) in [5.41, 5.74) is 6.50. The zero-order valence-electron chi connectivity index (χ0n) is 10.5. The molecule has 0 aliphatic carbocycles. The molecule has 0 aliphatic rings. The maximum atomic E-state index is 13.7. The Labute approximate surface area is 123 Å². The number of halogens is 5. The highest BCUT2D eigenvalue weighted by Crippen LogP contribution is 2.28. The van der Waals surface area contributed by atoms with Crippen LogP contribution in [0, 0.1) is 5.82 Å². The Balaban J connectivity index is 2.24. The van der Waals surface area contributed by atoms with Crippen molar-refractivity contribution in [3.05, 3.63) is 64.4 Å². The third-order valence-electron chi connectivity index (χ3n) is 2.77. The van der Waals surface area contributed by atoms with Crippen molar-refractivity contribution in [2.24, 2.45) is 5.73 Å². The molecule has 0 unspecified atom stereocenters. The van der Waals surface area contributed by atoms with Gasteiger partial charge in [-0.15, -0.1) is 13.2 Å². The van der Waals surface area contributed by atoms with Crippen LogP contribution in [0.15, 0.2) is 42.5 Å². The summed E-state index contributed by atoms with van der Waals surface area (Å²) in [4.78, 5) is 0. The van der Waals surface area contributed by atoms with Crippen LogP contribution in [0.4, 0.5) is 17.6 Å². The van der Waals surface area contributed by atoms with Gasteiger partial charge in [0.1, 0.15) is 11.6 Å². The van der Waals surface area contributed by atoms with E-state index in [0.717, 1.165) is 12.1 Å². The number of hydrogen-bond acceptors (Lipinski definition) is 2. The summed E-state index contributed by atoms with van der Waals surface area (Å²) in [6.07, 6.45) is -4.76. The van der Waals surface area contributed by atoms with Crippen molar-refractivity contribution in [3.63, 3.8) is 0 Å². The fraction of sp³-hybridized carbons (Fsp3) is 0.143. The molecular formula is C14H10ClF4NO. The highest BCUT2D eigenvalue weighted by Gasteiger charge is 2.31. The highest BCUT2D eigenvalue weighted by molar-refractivity contribution is 6.30. The molecule has 2 rings (SSSR count). The summed E-state index contributed by atoms with van der Waals surface area (Å²) < 4.78 is 53.6. The average Bonchev–Trinajstić information content (AvgIpc) is 2.40. The first-order chi connectivity index (χ1) is 9.76. The zero-order chi connectivity index (χ0) is 15.6. The van der Waals surface area contributed by atoms with Crippen molar-refractivity contribution in [2.75, 3.05) is 0 Å². The Morgan fingerprint density at radius 3 is 2.24 bits per heavy atom. The molecule has 0 bridgehead atoms. The Kier molecular flexibility index (Phi) is 4.39. The Bertz CT molecular complexity index is 628. The van der Waals surface area contributed by atoms with Crippen LogP contribution in [-0.4, -0.2) is 6.36 Å². The van der Waals surface area contributed by atoms with Crippen LogP contribution in [0.25, 0.3) is 0 Å². The summed E-state index contributed by atoms with van der Waals surface area (Å²) in [7, 11) is 0. The molecule has 0 amide bonds. The molecule has 0 fully saturated rings. The van der Waals surface area contributed by atoms with Gasteiger partial charge in [0.15, 0.2) is 0 Å². The second-order valence-corrected chi connectivity index (χ2v) is 4.70. The normalized spacial score (nSPS) is 13.0. The molecule has 0 saturated carbocycles. The van der Waals surface area contributed by atoms with Gasteiger partial charge in [0.2, 0.25) is 0 Å². The fourth-order valence-electron chi connectivity index (χ4n) is 1.81. The molecule has 2 nitrogen and oxygen atoms in total. The van der Waals surface area contributed by atoms with Crippen molar-refractivity contribution in [1.29, 1.82) is 0 Å². The molecule has 2 aromatic rings. The molecule has 0 spiro atoms. The molecule has 2 aromatic carbocycles. The quantitative estimate of drug-likeness (QED) is 0.850. The molecule has 0 heterocycles. The van der Waals surface area contributed by atoms with Crippen LogP contribution < -0.4 is 10.5 Å². The monoisotopic (exact) mass is 319 g/mol. The van der Waals surface area contributed by atoms with Gasteiger partial charge in [-0.2, -0.15) is 0 Å². The second kappa shape index (κ2) is 5.91. The summed E-state index contributed by atoms with van der Waals surface area (Å²) in [5, 5.41) is 0.318. The molecule has 0 aromatic heterocycles. The predicted octanol–water partition coefficient (Wildman–Crippen LogP) is 4.43. The van der Waals surface area contributed by atoms with E-state index in [2.05, 4.69) is 4.74 Å². The van der Waals surface area contributed by atoms with Gasteiger partial charge >= 0.3 is 6.36 Å². The van der Waals surface area contributed by atoms with Gasteiger partial charge in [-0.1, -0.05) is 23.7 Å². The van der Waals surface area contributed by atoms with Gasteiger partial charge < -0.3 is 10.5 Å². The van der Waals surface area contributed by atoms with E-state index < -0.39 is 18.2 Å². The molecular weight excluding hydrogens is 310 g/mol. The molecule has 2 N–H and O–H groups in total. The molecule has 0 radical (unpaired) electrons. The van der Waals surface area contributed by atoms with Crippen LogP contribution >= 0.6 is 11.6 Å². The van der Waals surface area contributed by atoms with Gasteiger partial charge in [0, 0.05) is 10.6 Å². The lowest BCUT2D eigenvalue weighted by molar-refractivity contribution is -0.274. The van der Waals surface area contributed by atoms with E-state index in [4.69, 9.17) is 17.3 Å². The van der Waals surface area contributed by atoms with Crippen LogP contribution in [-0.2, 0) is 0 Å². The van der Waals surface area contributed by atoms with Crippen LogP contribution in [0.3, 0.4) is 0 Å². The average molecular weight is 320 g/mol. The first kappa shape index (κ1) is 15.6. The van der Waals surface area contributed by atoms with E-state index in [9.17, 15) is 17.6 Å². The molecule has 21 heavy (non-hydrogen) atoms. The molecule has 0 saturated heterocycles. The van der Waals surface area contributed by atoms with Crippen molar-refractivity contribution < 1.29 is 22.3 Å². The fourth-order valence-corrected chi connectivity index (χ4v) is 1.99. The number of benzene rings is 2. The van der Waals surface area contributed by atoms with Crippen molar-refractivity contribution in [2.45, 2.75) is 12.4 Å². The number of ether oxygens (including phenoxy) is 1. The van der Waals surface area contributed by atoms with E-state index >= 15 is 0 Å². The second-order valence-electron chi connectivity index (χ2n) is 4.26. The summed E-state index contributed by atoms with van der Waals surface area (Å²) in [6, 6.07) is 8.01. The standard InChI is InChI=1S/C14H10ClF4NO/c15-9-3-6-12(16)11(7-9)13(20)8-1-4-10(5-2-8)21-14(17,18)19/h1-7,13H,20H2/t13-/m1/s1. The molecule has 112 valence electrons. The van der Waals surface area contributed by atoms with Gasteiger partial charge in [-0.3, -0.25) is 0 Å². The topological polar surface area (TPSA) is 35.2 Å². The smallest absolute Gasteiger partial charge is 0.406 e. The molecule has 7 heteroatoms. The minimum atomic E-state index is -4.76. The third-order valence-corrected chi connectivity index (χ3v) is 3.00. The number of rotatable bonds is 3. The predicted molar refractivity (Wildman–Crippen MR) is 70.6 cm³/mol. The van der Waals surface area contributed by atoms with Gasteiger partial charge in [-0.05, 0) is 35.9 Å². The number of nitrogens with two attached hydrogens (primary N) is 1. The first-order valence-corrected chi connectivity index (χ1v) is 6.20. The zero-order valence-corrected chi connectivity index (χ0v) is 11.3. The van der Waals surface area contributed by atoms with Crippen molar-refractivity contribution in [1.82, 2.24) is 0 Å². The molecule has 1 atom stereocenters. The summed E-state index contributed by atoms with van der Waals surface area (Å²) in [6.45, 7) is 0. The van der Waals surface area contributed by atoms with E-state index in [0.29, 0.717) is 10.6 Å². The Morgan fingerprint density at radius 1 is 1.05 bits per heavy atom. The minimum absolute atomic E-state index is 0.159. The van der Waals surface area contributed by atoms with Gasteiger partial charge in [-0.25, -0.2) is 4.39 Å². The van der Waals surface area contributed by atoms with Crippen molar-refractivity contribution in [3.8, 4) is 5.75 Å². The third kappa shape index (κ3) is 4.09. The van der Waals surface area contributed by atoms with Crippen molar-refractivity contribution >= 4 is 11.6 Å². The van der Waals surface area contributed by atoms with Gasteiger partial charge in [0.25, 0.3) is 0 Å². The van der Waals surface area contributed by atoms with Crippen LogP contribution in [0.5, 0.6) is 5.75 Å². The van der Waals surface area contributed by atoms with Crippen LogP contribution in [0.1, 0.15) is 17.2 Å². The first-order valence-electron chi connectivity index (χ1n) is 5.82. The number of hydrogen-bond donors (Lipinski definition) is 1. The maximum Gasteiger partial charge on any atom is 0.573 e. The Hall–Kier alpha value is -1.79. The molecule has 0 aliphatic heterocycles. The summed E-state index contributed by atoms with van der Waals surface area (Å²) >= 11 is 5.78. The van der Waals surface area contributed by atoms with Gasteiger partial charge in [0.05, 0.1) is 6.04 Å². The lowest BCUT2D eigenvalue weighted by atomic mass is 9.99. The lowest BCUT2D eigenvalue weighted by Gasteiger charge is -2.15. The van der Waals surface area contributed by atoms with E-state index in [-0.39, 0.29) is 11.3 Å². The lowest BCUT2D eigenvalue weighted by Crippen LogP contribution is -2.17. The largest absolute Gasteiger partial charge is 0.573 e. The van der Waals surface area contributed by atoms with E-state index in [1.807, 2.05) is 0 Å². The van der Waals surface area contributed by atoms with E-state index in [1.165, 1.54) is 30.3 Å². The highest BCUT2D eigenvalue weighted by atomic mass is 35.5. The van der Waals surface area contributed by atoms with Crippen LogP contribution in [0.2, 0.25) is 5.02 Å². The Morgan fingerprint density at radius 2 is 1.67 bits per heavy atom. The SMILES string of the molecule is N[C@H](c1ccc(OC(F)(F)F)cc1)c1cc(Cl)ccc1F. The maximum absolute atomic E-state index is 13.7. The summed E-state index contributed by atoms with van der Waals surface area (Å²) in [5.74, 6) is -0.910. The minimum Gasteiger partial charge on any atom is -0.406 e.